The molecule has 4 aromatic rings. The van der Waals surface area contributed by atoms with Crippen LogP contribution in [0, 0.1) is 5.82 Å². The molecule has 0 saturated carbocycles. The highest BCUT2D eigenvalue weighted by Gasteiger charge is 2.23. The molecule has 1 aliphatic rings. The Morgan fingerprint density at radius 2 is 2.00 bits per heavy atom. The summed E-state index contributed by atoms with van der Waals surface area (Å²) in [6, 6.07) is 2.64. The van der Waals surface area contributed by atoms with Gasteiger partial charge in [0.15, 0.2) is 11.4 Å². The molecule has 1 aromatic carbocycles. The summed E-state index contributed by atoms with van der Waals surface area (Å²) in [7, 11) is 0. The summed E-state index contributed by atoms with van der Waals surface area (Å²) in [5, 5.41) is 5.39. The van der Waals surface area contributed by atoms with Crippen LogP contribution in [0.2, 0.25) is 10.0 Å². The topological polar surface area (TPSA) is 91.6 Å². The van der Waals surface area contributed by atoms with E-state index in [2.05, 4.69) is 15.0 Å². The Hall–Kier alpha value is -2.85. The Bertz CT molecular complexity index is 1350. The fraction of sp³-hybridized carbons (Fsp3) is 0.333. The van der Waals surface area contributed by atoms with Gasteiger partial charge in [0.05, 0.1) is 36.4 Å². The van der Waals surface area contributed by atoms with E-state index in [-0.39, 0.29) is 21.6 Å². The molecule has 0 spiro atoms. The molecule has 1 aliphatic heterocycles. The zero-order valence-corrected chi connectivity index (χ0v) is 20.5. The highest BCUT2D eigenvalue weighted by Crippen LogP contribution is 2.41. The molecule has 184 valence electrons. The fourth-order valence-electron chi connectivity index (χ4n) is 4.16. The maximum absolute atomic E-state index is 14.0. The maximum atomic E-state index is 14.0. The van der Waals surface area contributed by atoms with E-state index in [1.54, 1.807) is 25.6 Å². The molecule has 0 bridgehead atoms. The molecule has 11 heteroatoms. The highest BCUT2D eigenvalue weighted by molar-refractivity contribution is 6.36. The van der Waals surface area contributed by atoms with E-state index in [0.717, 1.165) is 50.5 Å². The van der Waals surface area contributed by atoms with Gasteiger partial charge in [-0.2, -0.15) is 5.10 Å². The minimum absolute atomic E-state index is 0.103. The predicted octanol–water partition coefficient (Wildman–Crippen LogP) is 5.19. The molecule has 35 heavy (non-hydrogen) atoms. The van der Waals surface area contributed by atoms with Crippen molar-refractivity contribution in [2.24, 2.45) is 0 Å². The fourth-order valence-corrected chi connectivity index (χ4v) is 4.84. The minimum Gasteiger partial charge on any atom is -0.478 e. The Balaban J connectivity index is 1.40. The van der Waals surface area contributed by atoms with E-state index >= 15 is 0 Å². The summed E-state index contributed by atoms with van der Waals surface area (Å²) in [5.41, 5.74) is 8.55. The van der Waals surface area contributed by atoms with E-state index in [1.165, 1.54) is 12.1 Å². The third-order valence-electron chi connectivity index (χ3n) is 6.07. The predicted molar refractivity (Wildman–Crippen MR) is 132 cm³/mol. The number of aromatic nitrogens is 3. The largest absolute Gasteiger partial charge is 0.478 e. The highest BCUT2D eigenvalue weighted by atomic mass is 35.5. The van der Waals surface area contributed by atoms with Crippen LogP contribution in [-0.4, -0.2) is 52.5 Å². The number of nitrogen functional groups attached to an aromatic ring is 1. The zero-order chi connectivity index (χ0) is 24.5. The van der Waals surface area contributed by atoms with Gasteiger partial charge in [0.2, 0.25) is 5.75 Å². The number of nitrogens with zero attached hydrogens (tertiary/aromatic N) is 4. The minimum atomic E-state index is -0.711. The van der Waals surface area contributed by atoms with Crippen molar-refractivity contribution in [3.05, 3.63) is 58.4 Å². The van der Waals surface area contributed by atoms with Gasteiger partial charge in [-0.1, -0.05) is 23.2 Å². The van der Waals surface area contributed by atoms with Crippen molar-refractivity contribution in [1.82, 2.24) is 19.7 Å². The lowest BCUT2D eigenvalue weighted by Crippen LogP contribution is -2.38. The van der Waals surface area contributed by atoms with Crippen LogP contribution in [0.15, 0.2) is 41.4 Å². The Morgan fingerprint density at radius 3 is 2.80 bits per heavy atom. The molecular formula is C24H24Cl2FN5O3. The Kier molecular flexibility index (Phi) is 6.84. The van der Waals surface area contributed by atoms with E-state index < -0.39 is 11.9 Å². The number of hydrogen-bond acceptors (Lipinski definition) is 7. The standard InChI is InChI=1S/C24H24Cl2FN5O3/c1-14(20-18(25)2-3-19(27)21(20)26)35-23-22-16(11-29-24(23)28)17(13-34-22)15-10-30-32(12-15)5-4-31-6-8-33-9-7-31/h2-3,10-14H,4-9H2,1H3,(H2,28,29)/t14-/m1/s1. The first-order chi connectivity index (χ1) is 16.9. The number of anilines is 1. The van der Waals surface area contributed by atoms with Crippen molar-refractivity contribution < 1.29 is 18.3 Å². The Labute approximate surface area is 211 Å². The van der Waals surface area contributed by atoms with Gasteiger partial charge >= 0.3 is 0 Å². The van der Waals surface area contributed by atoms with Crippen molar-refractivity contribution >= 4 is 40.0 Å². The van der Waals surface area contributed by atoms with Gasteiger partial charge in [0.1, 0.15) is 18.2 Å². The summed E-state index contributed by atoms with van der Waals surface area (Å²) in [6.45, 7) is 6.76. The average Bonchev–Trinajstić information content (AvgIpc) is 3.50. The lowest BCUT2D eigenvalue weighted by molar-refractivity contribution is 0.0360. The van der Waals surface area contributed by atoms with Gasteiger partial charge in [0, 0.05) is 53.7 Å². The smallest absolute Gasteiger partial charge is 0.205 e. The van der Waals surface area contributed by atoms with Gasteiger partial charge in [-0.05, 0) is 19.1 Å². The van der Waals surface area contributed by atoms with Crippen LogP contribution in [0.5, 0.6) is 5.75 Å². The van der Waals surface area contributed by atoms with Gasteiger partial charge in [-0.25, -0.2) is 9.37 Å². The number of hydrogen-bond donors (Lipinski definition) is 1. The van der Waals surface area contributed by atoms with Crippen molar-refractivity contribution in [3.63, 3.8) is 0 Å². The van der Waals surface area contributed by atoms with Gasteiger partial charge in [-0.3, -0.25) is 9.58 Å². The van der Waals surface area contributed by atoms with Gasteiger partial charge in [-0.15, -0.1) is 0 Å². The summed E-state index contributed by atoms with van der Waals surface area (Å²) < 4.78 is 33.3. The molecule has 5 rings (SSSR count). The summed E-state index contributed by atoms with van der Waals surface area (Å²) in [5.74, 6) is -0.218. The molecular weight excluding hydrogens is 496 g/mol. The molecule has 0 aliphatic carbocycles. The second-order valence-electron chi connectivity index (χ2n) is 8.33. The molecule has 0 radical (unpaired) electrons. The van der Waals surface area contributed by atoms with Crippen LogP contribution >= 0.6 is 23.2 Å². The van der Waals surface area contributed by atoms with E-state index in [1.807, 2.05) is 10.9 Å². The number of nitrogens with two attached hydrogens (primary N) is 1. The zero-order valence-electron chi connectivity index (χ0n) is 19.0. The first kappa shape index (κ1) is 23.9. The van der Waals surface area contributed by atoms with Crippen LogP contribution < -0.4 is 10.5 Å². The van der Waals surface area contributed by atoms with Crippen molar-refractivity contribution in [3.8, 4) is 16.9 Å². The van der Waals surface area contributed by atoms with Crippen LogP contribution in [0.4, 0.5) is 10.2 Å². The number of morpholine rings is 1. The van der Waals surface area contributed by atoms with Gasteiger partial charge < -0.3 is 19.6 Å². The molecule has 1 saturated heterocycles. The molecule has 1 atom stereocenters. The van der Waals surface area contributed by atoms with Crippen molar-refractivity contribution in [2.45, 2.75) is 19.6 Å². The van der Waals surface area contributed by atoms with Crippen molar-refractivity contribution in [1.29, 1.82) is 0 Å². The lowest BCUT2D eigenvalue weighted by atomic mass is 10.1. The third-order valence-corrected chi connectivity index (χ3v) is 6.79. The second kappa shape index (κ2) is 10.0. The number of benzene rings is 1. The summed E-state index contributed by atoms with van der Waals surface area (Å²) in [6.07, 6.45) is 6.30. The van der Waals surface area contributed by atoms with E-state index in [4.69, 9.17) is 42.8 Å². The number of pyridine rings is 1. The first-order valence-corrected chi connectivity index (χ1v) is 12.0. The number of ether oxygens (including phenoxy) is 2. The molecule has 0 amide bonds. The molecule has 8 nitrogen and oxygen atoms in total. The van der Waals surface area contributed by atoms with Crippen LogP contribution in [0.3, 0.4) is 0 Å². The number of rotatable bonds is 7. The lowest BCUT2D eigenvalue weighted by Gasteiger charge is -2.26. The van der Waals surface area contributed by atoms with Gasteiger partial charge in [0.25, 0.3) is 0 Å². The molecule has 0 unspecified atom stereocenters. The van der Waals surface area contributed by atoms with Crippen LogP contribution in [0.1, 0.15) is 18.6 Å². The number of fused-ring (bicyclic) bond motifs is 1. The molecule has 1 fully saturated rings. The Morgan fingerprint density at radius 1 is 1.20 bits per heavy atom. The summed E-state index contributed by atoms with van der Waals surface area (Å²) in [4.78, 5) is 6.64. The normalized spacial score (nSPS) is 15.5. The van der Waals surface area contributed by atoms with Crippen LogP contribution in [0.25, 0.3) is 22.1 Å². The average molecular weight is 520 g/mol. The van der Waals surface area contributed by atoms with Crippen molar-refractivity contribution in [2.75, 3.05) is 38.6 Å². The van der Waals surface area contributed by atoms with Crippen LogP contribution in [-0.2, 0) is 11.3 Å². The number of furan rings is 1. The first-order valence-electron chi connectivity index (χ1n) is 11.2. The second-order valence-corrected chi connectivity index (χ2v) is 9.11. The third kappa shape index (κ3) is 4.81. The maximum Gasteiger partial charge on any atom is 0.205 e. The molecule has 4 heterocycles. The quantitative estimate of drug-likeness (QED) is 0.336. The summed E-state index contributed by atoms with van der Waals surface area (Å²) >= 11 is 12.4. The van der Waals surface area contributed by atoms with E-state index in [0.29, 0.717) is 16.5 Å². The molecule has 3 aromatic heterocycles. The monoisotopic (exact) mass is 519 g/mol. The molecule has 2 N–H and O–H groups in total. The number of halogens is 3. The SMILES string of the molecule is C[C@@H](Oc1c(N)ncc2c(-c3cnn(CCN4CCOCC4)c3)coc12)c1c(Cl)ccc(F)c1Cl. The van der Waals surface area contributed by atoms with E-state index in [9.17, 15) is 4.39 Å².